The molecule has 1 saturated heterocycles. The first-order valence-corrected chi connectivity index (χ1v) is 8.26. The van der Waals surface area contributed by atoms with Crippen molar-refractivity contribution in [3.05, 3.63) is 36.7 Å². The summed E-state index contributed by atoms with van der Waals surface area (Å²) in [4.78, 5) is 4.07. The molecule has 2 N–H and O–H groups in total. The summed E-state index contributed by atoms with van der Waals surface area (Å²) in [7, 11) is -3.37. The maximum absolute atomic E-state index is 12.4. The Hall–Kier alpha value is -1.66. The lowest BCUT2D eigenvalue weighted by Crippen LogP contribution is -2.41. The highest BCUT2D eigenvalue weighted by molar-refractivity contribution is 7.93. The van der Waals surface area contributed by atoms with Crippen molar-refractivity contribution in [2.75, 3.05) is 17.8 Å². The third kappa shape index (κ3) is 2.62. The summed E-state index contributed by atoms with van der Waals surface area (Å²) in [5.41, 5.74) is 0.598. The molecule has 106 valence electrons. The minimum absolute atomic E-state index is 0.372. The van der Waals surface area contributed by atoms with Crippen LogP contribution in [0.1, 0.15) is 12.8 Å². The van der Waals surface area contributed by atoms with Gasteiger partial charge in [0.25, 0.3) is 0 Å². The molecule has 0 radical (unpaired) electrons. The van der Waals surface area contributed by atoms with E-state index in [-0.39, 0.29) is 5.25 Å². The Balaban J connectivity index is 1.92. The first-order valence-electron chi connectivity index (χ1n) is 6.72. The monoisotopic (exact) mass is 291 g/mol. The molecule has 1 fully saturated rings. The Kier molecular flexibility index (Phi) is 3.58. The van der Waals surface area contributed by atoms with Crippen molar-refractivity contribution in [2.45, 2.75) is 18.1 Å². The second-order valence-corrected chi connectivity index (χ2v) is 6.98. The number of sulfonamides is 1. The van der Waals surface area contributed by atoms with Crippen LogP contribution in [0.15, 0.2) is 36.7 Å². The number of nitrogens with zero attached hydrogens (tertiary/aromatic N) is 1. The summed E-state index contributed by atoms with van der Waals surface area (Å²) in [6.45, 7) is 1.41. The molecule has 0 bridgehead atoms. The van der Waals surface area contributed by atoms with Crippen LogP contribution in [-0.2, 0) is 10.0 Å². The largest absolute Gasteiger partial charge is 0.315 e. The first-order chi connectivity index (χ1) is 9.67. The molecule has 1 aliphatic heterocycles. The minimum Gasteiger partial charge on any atom is -0.315 e. The Morgan fingerprint density at radius 2 is 2.20 bits per heavy atom. The number of rotatable bonds is 3. The van der Waals surface area contributed by atoms with Crippen LogP contribution in [0.2, 0.25) is 0 Å². The van der Waals surface area contributed by atoms with E-state index < -0.39 is 10.0 Å². The molecule has 0 spiro atoms. The van der Waals surface area contributed by atoms with Crippen molar-refractivity contribution in [1.29, 1.82) is 0 Å². The molecule has 1 aromatic carbocycles. The molecule has 1 atom stereocenters. The molecule has 6 heteroatoms. The molecule has 5 nitrogen and oxygen atoms in total. The summed E-state index contributed by atoms with van der Waals surface area (Å²) in [6.07, 6.45) is 4.98. The highest BCUT2D eigenvalue weighted by Crippen LogP contribution is 2.24. The molecule has 1 aliphatic rings. The number of piperidine rings is 1. The lowest BCUT2D eigenvalue weighted by molar-refractivity contribution is 0.499. The highest BCUT2D eigenvalue weighted by atomic mass is 32.2. The van der Waals surface area contributed by atoms with Gasteiger partial charge in [0.2, 0.25) is 10.0 Å². The van der Waals surface area contributed by atoms with Crippen LogP contribution in [-0.4, -0.2) is 31.7 Å². The second-order valence-electron chi connectivity index (χ2n) is 5.02. The number of pyridine rings is 1. The predicted octanol–water partition coefficient (Wildman–Crippen LogP) is 1.73. The Labute approximate surface area is 118 Å². The van der Waals surface area contributed by atoms with Gasteiger partial charge in [0.05, 0.1) is 10.9 Å². The van der Waals surface area contributed by atoms with Crippen molar-refractivity contribution in [3.63, 3.8) is 0 Å². The van der Waals surface area contributed by atoms with E-state index in [1.54, 1.807) is 18.5 Å². The molecular formula is C14H17N3O2S. The van der Waals surface area contributed by atoms with Gasteiger partial charge in [-0.05, 0) is 36.9 Å². The van der Waals surface area contributed by atoms with E-state index in [4.69, 9.17) is 0 Å². The summed E-state index contributed by atoms with van der Waals surface area (Å²) in [5, 5.41) is 4.56. The lowest BCUT2D eigenvalue weighted by Gasteiger charge is -2.23. The van der Waals surface area contributed by atoms with Crippen LogP contribution >= 0.6 is 0 Å². The van der Waals surface area contributed by atoms with Crippen molar-refractivity contribution < 1.29 is 8.42 Å². The SMILES string of the molecule is O=S(=O)(Nc1cccc2ccncc12)C1CCCNC1. The van der Waals surface area contributed by atoms with Gasteiger partial charge in [0, 0.05) is 24.3 Å². The van der Waals surface area contributed by atoms with Gasteiger partial charge in [-0.1, -0.05) is 12.1 Å². The minimum atomic E-state index is -3.37. The first kappa shape index (κ1) is 13.3. The maximum atomic E-state index is 12.4. The van der Waals surface area contributed by atoms with Crippen molar-refractivity contribution in [3.8, 4) is 0 Å². The number of benzene rings is 1. The smallest absolute Gasteiger partial charge is 0.236 e. The number of nitrogens with one attached hydrogen (secondary N) is 2. The van der Waals surface area contributed by atoms with Gasteiger partial charge in [-0.15, -0.1) is 0 Å². The molecule has 2 aromatic rings. The van der Waals surface area contributed by atoms with E-state index in [1.165, 1.54) is 0 Å². The number of hydrogen-bond acceptors (Lipinski definition) is 4. The quantitative estimate of drug-likeness (QED) is 0.903. The topological polar surface area (TPSA) is 71.1 Å². The van der Waals surface area contributed by atoms with Gasteiger partial charge >= 0.3 is 0 Å². The van der Waals surface area contributed by atoms with Crippen molar-refractivity contribution in [2.24, 2.45) is 0 Å². The van der Waals surface area contributed by atoms with Crippen molar-refractivity contribution >= 4 is 26.5 Å². The Morgan fingerprint density at radius 1 is 1.30 bits per heavy atom. The number of aromatic nitrogens is 1. The molecule has 20 heavy (non-hydrogen) atoms. The summed E-state index contributed by atoms with van der Waals surface area (Å²) >= 11 is 0. The van der Waals surface area contributed by atoms with Crippen LogP contribution in [0.5, 0.6) is 0 Å². The molecule has 0 saturated carbocycles. The molecular weight excluding hydrogens is 274 g/mol. The van der Waals surface area contributed by atoms with Crippen LogP contribution in [0.3, 0.4) is 0 Å². The van der Waals surface area contributed by atoms with Gasteiger partial charge < -0.3 is 5.32 Å². The van der Waals surface area contributed by atoms with E-state index >= 15 is 0 Å². The third-order valence-electron chi connectivity index (χ3n) is 3.63. The Bertz CT molecular complexity index is 704. The summed E-state index contributed by atoms with van der Waals surface area (Å²) in [6, 6.07) is 7.43. The molecule has 0 amide bonds. The van der Waals surface area contributed by atoms with E-state index in [0.717, 1.165) is 23.7 Å². The molecule has 3 rings (SSSR count). The zero-order chi connectivity index (χ0) is 14.0. The van der Waals surface area contributed by atoms with Crippen LogP contribution < -0.4 is 10.0 Å². The number of fused-ring (bicyclic) bond motifs is 1. The highest BCUT2D eigenvalue weighted by Gasteiger charge is 2.27. The van der Waals surface area contributed by atoms with E-state index in [1.807, 2.05) is 18.2 Å². The van der Waals surface area contributed by atoms with Crippen LogP contribution in [0, 0.1) is 0 Å². The zero-order valence-electron chi connectivity index (χ0n) is 11.0. The number of anilines is 1. The fourth-order valence-electron chi connectivity index (χ4n) is 2.52. The third-order valence-corrected chi connectivity index (χ3v) is 5.41. The van der Waals surface area contributed by atoms with Gasteiger partial charge in [-0.25, -0.2) is 8.42 Å². The molecule has 1 unspecified atom stereocenters. The molecule has 2 heterocycles. The Morgan fingerprint density at radius 3 is 3.00 bits per heavy atom. The van der Waals surface area contributed by atoms with E-state index in [9.17, 15) is 8.42 Å². The number of hydrogen-bond donors (Lipinski definition) is 2. The van der Waals surface area contributed by atoms with Crippen LogP contribution in [0.4, 0.5) is 5.69 Å². The normalized spacial score (nSPS) is 19.9. The lowest BCUT2D eigenvalue weighted by atomic mass is 10.1. The van der Waals surface area contributed by atoms with Gasteiger partial charge in [-0.3, -0.25) is 9.71 Å². The fourth-order valence-corrected chi connectivity index (χ4v) is 3.99. The summed E-state index contributed by atoms with van der Waals surface area (Å²) < 4.78 is 27.6. The molecule has 1 aromatic heterocycles. The fraction of sp³-hybridized carbons (Fsp3) is 0.357. The van der Waals surface area contributed by atoms with Gasteiger partial charge in [-0.2, -0.15) is 0 Å². The van der Waals surface area contributed by atoms with Crippen LogP contribution in [0.25, 0.3) is 10.8 Å². The van der Waals surface area contributed by atoms with Crippen molar-refractivity contribution in [1.82, 2.24) is 10.3 Å². The predicted molar refractivity (Wildman–Crippen MR) is 80.2 cm³/mol. The standard InChI is InChI=1S/C14H17N3O2S/c18-20(19,12-4-2-7-15-9-12)17-14-5-1-3-11-6-8-16-10-13(11)14/h1,3,5-6,8,10,12,15,17H,2,4,7,9H2. The second kappa shape index (κ2) is 5.38. The molecule has 0 aliphatic carbocycles. The summed E-state index contributed by atoms with van der Waals surface area (Å²) in [5.74, 6) is 0. The zero-order valence-corrected chi connectivity index (χ0v) is 11.9. The average Bonchev–Trinajstić information content (AvgIpc) is 2.48. The van der Waals surface area contributed by atoms with Gasteiger partial charge in [0.15, 0.2) is 0 Å². The maximum Gasteiger partial charge on any atom is 0.236 e. The van der Waals surface area contributed by atoms with Gasteiger partial charge in [0.1, 0.15) is 0 Å². The average molecular weight is 291 g/mol. The van der Waals surface area contributed by atoms with E-state index in [2.05, 4.69) is 15.0 Å². The van der Waals surface area contributed by atoms with E-state index in [0.29, 0.717) is 18.7 Å².